The van der Waals surface area contributed by atoms with Crippen LogP contribution in [0, 0.1) is 10.5 Å². The number of hydrogen-bond donors (Lipinski definition) is 1. The number of nitrogens with zero attached hydrogens (tertiary/aromatic N) is 2. The minimum Gasteiger partial charge on any atom is -0.480 e. The minimum atomic E-state index is -0.0320. The van der Waals surface area contributed by atoms with E-state index in [1.54, 1.807) is 19.5 Å². The molecule has 100 valence electrons. The topological polar surface area (TPSA) is 47.0 Å². The molecule has 19 heavy (non-hydrogen) atoms. The van der Waals surface area contributed by atoms with Gasteiger partial charge >= 0.3 is 0 Å². The van der Waals surface area contributed by atoms with E-state index in [0.717, 1.165) is 5.69 Å². The Balaban J connectivity index is 2.53. The number of rotatable bonds is 4. The number of methoxy groups -OCH3 is 1. The van der Waals surface area contributed by atoms with Gasteiger partial charge in [-0.2, -0.15) is 0 Å². The molecule has 2 aromatic rings. The first-order valence-electron chi connectivity index (χ1n) is 5.96. The van der Waals surface area contributed by atoms with E-state index in [0.29, 0.717) is 5.88 Å². The van der Waals surface area contributed by atoms with Crippen LogP contribution in [0.1, 0.15) is 22.9 Å². The van der Waals surface area contributed by atoms with Crippen molar-refractivity contribution < 1.29 is 4.74 Å². The number of aromatic nitrogens is 2. The lowest BCUT2D eigenvalue weighted by Crippen LogP contribution is -2.21. The Hall–Kier alpha value is -1.21. The van der Waals surface area contributed by atoms with Crippen LogP contribution in [0.15, 0.2) is 30.6 Å². The third kappa shape index (κ3) is 2.87. The van der Waals surface area contributed by atoms with Gasteiger partial charge in [-0.3, -0.25) is 4.98 Å². The summed E-state index contributed by atoms with van der Waals surface area (Å²) >= 11 is 2.37. The highest BCUT2D eigenvalue weighted by molar-refractivity contribution is 14.1. The highest BCUT2D eigenvalue weighted by Gasteiger charge is 2.21. The fourth-order valence-corrected chi connectivity index (χ4v) is 2.69. The van der Waals surface area contributed by atoms with Gasteiger partial charge in [-0.25, -0.2) is 4.98 Å². The van der Waals surface area contributed by atoms with E-state index >= 15 is 0 Å². The van der Waals surface area contributed by atoms with Gasteiger partial charge in [-0.05, 0) is 47.7 Å². The van der Waals surface area contributed by atoms with E-state index in [4.69, 9.17) is 4.74 Å². The smallest absolute Gasteiger partial charge is 0.237 e. The number of nitrogens with one attached hydrogen (secondary N) is 1. The van der Waals surface area contributed by atoms with E-state index in [1.165, 1.54) is 14.7 Å². The lowest BCUT2D eigenvalue weighted by Gasteiger charge is -2.19. The molecule has 2 rings (SSSR count). The largest absolute Gasteiger partial charge is 0.480 e. The number of aryl methyl sites for hydroxylation is 1. The summed E-state index contributed by atoms with van der Waals surface area (Å²) in [4.78, 5) is 8.63. The number of hydrogen-bond acceptors (Lipinski definition) is 4. The lowest BCUT2D eigenvalue weighted by molar-refractivity contribution is 0.384. The van der Waals surface area contributed by atoms with Crippen molar-refractivity contribution in [1.82, 2.24) is 15.3 Å². The van der Waals surface area contributed by atoms with Crippen LogP contribution in [0.3, 0.4) is 0 Å². The van der Waals surface area contributed by atoms with Crippen molar-refractivity contribution in [2.45, 2.75) is 13.0 Å². The second-order valence-electron chi connectivity index (χ2n) is 4.15. The normalized spacial score (nSPS) is 12.2. The Morgan fingerprint density at radius 2 is 2.00 bits per heavy atom. The van der Waals surface area contributed by atoms with E-state index in [9.17, 15) is 0 Å². The molecule has 1 N–H and O–H groups in total. The van der Waals surface area contributed by atoms with Crippen LogP contribution in [0.4, 0.5) is 0 Å². The van der Waals surface area contributed by atoms with Crippen LogP contribution in [0.25, 0.3) is 0 Å². The van der Waals surface area contributed by atoms with Gasteiger partial charge in [0.1, 0.15) is 5.69 Å². The van der Waals surface area contributed by atoms with Crippen LogP contribution in [-0.4, -0.2) is 24.1 Å². The molecule has 1 heterocycles. The van der Waals surface area contributed by atoms with Crippen molar-refractivity contribution >= 4 is 22.6 Å². The molecule has 0 radical (unpaired) electrons. The highest BCUT2D eigenvalue weighted by atomic mass is 127. The van der Waals surface area contributed by atoms with E-state index < -0.39 is 0 Å². The predicted molar refractivity (Wildman–Crippen MR) is 83.4 cm³/mol. The third-order valence-electron chi connectivity index (χ3n) is 2.98. The van der Waals surface area contributed by atoms with Gasteiger partial charge in [0, 0.05) is 16.0 Å². The summed E-state index contributed by atoms with van der Waals surface area (Å²) in [5.41, 5.74) is 3.24. The van der Waals surface area contributed by atoms with Crippen LogP contribution < -0.4 is 10.1 Å². The Bertz CT molecular complexity index is 574. The average molecular weight is 369 g/mol. The first kappa shape index (κ1) is 14.2. The molecule has 1 atom stereocenters. The van der Waals surface area contributed by atoms with Crippen molar-refractivity contribution in [1.29, 1.82) is 0 Å². The molecule has 1 aromatic carbocycles. The Kier molecular flexibility index (Phi) is 4.71. The van der Waals surface area contributed by atoms with Gasteiger partial charge in [-0.1, -0.05) is 18.2 Å². The zero-order valence-electron chi connectivity index (χ0n) is 11.1. The Morgan fingerprint density at radius 3 is 2.68 bits per heavy atom. The van der Waals surface area contributed by atoms with Crippen LogP contribution in [-0.2, 0) is 0 Å². The standard InChI is InChI=1S/C14H16IN3O/c1-9-5-4-6-10(11(9)15)12(16-2)13-14(19-3)18-8-7-17-13/h4-8,12,16H,1-3H3. The maximum atomic E-state index is 5.30. The molecule has 0 aliphatic carbocycles. The van der Waals surface area contributed by atoms with Crippen molar-refractivity contribution in [3.05, 3.63) is 51.0 Å². The van der Waals surface area contributed by atoms with E-state index in [-0.39, 0.29) is 6.04 Å². The first-order chi connectivity index (χ1) is 9.19. The molecule has 0 bridgehead atoms. The van der Waals surface area contributed by atoms with Gasteiger partial charge in [0.25, 0.3) is 0 Å². The quantitative estimate of drug-likeness (QED) is 0.842. The average Bonchev–Trinajstić information content (AvgIpc) is 2.45. The summed E-state index contributed by atoms with van der Waals surface area (Å²) in [5, 5.41) is 3.29. The fourth-order valence-electron chi connectivity index (χ4n) is 2.02. The van der Waals surface area contributed by atoms with Crippen molar-refractivity contribution in [2.75, 3.05) is 14.2 Å². The molecule has 5 heteroatoms. The molecule has 0 saturated heterocycles. The maximum Gasteiger partial charge on any atom is 0.237 e. The number of halogens is 1. The lowest BCUT2D eigenvalue weighted by atomic mass is 10.0. The van der Waals surface area contributed by atoms with Gasteiger partial charge in [0.2, 0.25) is 5.88 Å². The SMILES string of the molecule is CNC(c1cccc(C)c1I)c1nccnc1OC. The van der Waals surface area contributed by atoms with Gasteiger partial charge in [0.15, 0.2) is 0 Å². The van der Waals surface area contributed by atoms with Gasteiger partial charge in [-0.15, -0.1) is 0 Å². The maximum absolute atomic E-state index is 5.30. The summed E-state index contributed by atoms with van der Waals surface area (Å²) in [5.74, 6) is 0.555. The van der Waals surface area contributed by atoms with Crippen molar-refractivity contribution in [2.24, 2.45) is 0 Å². The predicted octanol–water partition coefficient (Wildman–Crippen LogP) is 2.71. The highest BCUT2D eigenvalue weighted by Crippen LogP contribution is 2.30. The zero-order valence-corrected chi connectivity index (χ0v) is 13.3. The molecule has 1 unspecified atom stereocenters. The van der Waals surface area contributed by atoms with Crippen molar-refractivity contribution in [3.63, 3.8) is 0 Å². The van der Waals surface area contributed by atoms with Gasteiger partial charge in [0.05, 0.1) is 13.2 Å². The summed E-state index contributed by atoms with van der Waals surface area (Å²) in [6, 6.07) is 6.23. The van der Waals surface area contributed by atoms with Gasteiger partial charge < -0.3 is 10.1 Å². The van der Waals surface area contributed by atoms with E-state index in [2.05, 4.69) is 63.0 Å². The molecule has 4 nitrogen and oxygen atoms in total. The number of benzene rings is 1. The zero-order chi connectivity index (χ0) is 13.8. The molecule has 0 saturated carbocycles. The molecular formula is C14H16IN3O. The number of ether oxygens (including phenoxy) is 1. The summed E-state index contributed by atoms with van der Waals surface area (Å²) < 4.78 is 6.53. The molecule has 0 spiro atoms. The molecule has 0 aliphatic heterocycles. The second kappa shape index (κ2) is 6.29. The molecule has 0 amide bonds. The summed E-state index contributed by atoms with van der Waals surface area (Å²) in [7, 11) is 3.53. The third-order valence-corrected chi connectivity index (χ3v) is 4.45. The molecule has 0 fully saturated rings. The monoisotopic (exact) mass is 369 g/mol. The van der Waals surface area contributed by atoms with Crippen LogP contribution in [0.5, 0.6) is 5.88 Å². The molecular weight excluding hydrogens is 353 g/mol. The van der Waals surface area contributed by atoms with Crippen LogP contribution >= 0.6 is 22.6 Å². The molecule has 0 aliphatic rings. The fraction of sp³-hybridized carbons (Fsp3) is 0.286. The van der Waals surface area contributed by atoms with Crippen LogP contribution in [0.2, 0.25) is 0 Å². The van der Waals surface area contributed by atoms with Crippen molar-refractivity contribution in [3.8, 4) is 5.88 Å². The Labute approximate surface area is 126 Å². The second-order valence-corrected chi connectivity index (χ2v) is 5.23. The molecule has 1 aromatic heterocycles. The Morgan fingerprint density at radius 1 is 1.26 bits per heavy atom. The summed E-state index contributed by atoms with van der Waals surface area (Å²) in [6.07, 6.45) is 3.32. The minimum absolute atomic E-state index is 0.0320. The summed E-state index contributed by atoms with van der Waals surface area (Å²) in [6.45, 7) is 2.10. The van der Waals surface area contributed by atoms with E-state index in [1.807, 2.05) is 7.05 Å². The first-order valence-corrected chi connectivity index (χ1v) is 7.04.